The Morgan fingerprint density at radius 2 is 0.812 bits per heavy atom. The quantitative estimate of drug-likeness (QED) is 0.161. The molecule has 2 aromatic heterocycles. The standard InChI is InChI=1S/C60H41N3O/c1-60(2)51-26-10-9-23-48(51)55-50(25-13-27-52(55)60)59-62-57(41-31-29-40(30-32-41)38-15-5-3-6-16-38)61-58(63-59)46-22-12-20-43(36-46)44-33-34-49-54(37-44)64-53-28-14-24-47(56(49)53)45-21-11-19-42(35-45)39-17-7-4-8-18-39/h3-37H,1-2H3. The normalized spacial score (nSPS) is 12.7. The van der Waals surface area contributed by atoms with Crippen molar-refractivity contribution in [1.29, 1.82) is 0 Å². The summed E-state index contributed by atoms with van der Waals surface area (Å²) in [7, 11) is 0. The van der Waals surface area contributed by atoms with Crippen LogP contribution in [-0.2, 0) is 5.41 Å². The van der Waals surface area contributed by atoms with Gasteiger partial charge in [0.1, 0.15) is 11.2 Å². The monoisotopic (exact) mass is 819 g/mol. The lowest BCUT2D eigenvalue weighted by Gasteiger charge is -2.21. The van der Waals surface area contributed by atoms with Crippen LogP contribution >= 0.6 is 0 Å². The van der Waals surface area contributed by atoms with Crippen molar-refractivity contribution >= 4 is 21.9 Å². The van der Waals surface area contributed by atoms with Crippen LogP contribution in [0.5, 0.6) is 0 Å². The maximum atomic E-state index is 6.62. The number of hydrogen-bond donors (Lipinski definition) is 0. The summed E-state index contributed by atoms with van der Waals surface area (Å²) in [5, 5.41) is 2.20. The van der Waals surface area contributed by atoms with Crippen LogP contribution in [0.25, 0.3) is 112 Å². The Labute approximate surface area is 372 Å². The number of benzene rings is 9. The number of hydrogen-bond acceptors (Lipinski definition) is 4. The summed E-state index contributed by atoms with van der Waals surface area (Å²) in [4.78, 5) is 15.8. The summed E-state index contributed by atoms with van der Waals surface area (Å²) < 4.78 is 6.62. The minimum Gasteiger partial charge on any atom is -0.456 e. The summed E-state index contributed by atoms with van der Waals surface area (Å²) in [6.07, 6.45) is 0. The molecule has 0 radical (unpaired) electrons. The van der Waals surface area contributed by atoms with E-state index in [1.807, 2.05) is 6.07 Å². The second kappa shape index (κ2) is 15.0. The molecule has 64 heavy (non-hydrogen) atoms. The minimum atomic E-state index is -0.155. The van der Waals surface area contributed by atoms with Gasteiger partial charge in [0.25, 0.3) is 0 Å². The van der Waals surface area contributed by atoms with Crippen molar-refractivity contribution in [3.05, 3.63) is 223 Å². The molecule has 1 aliphatic rings. The zero-order valence-electron chi connectivity index (χ0n) is 35.5. The maximum absolute atomic E-state index is 6.62. The van der Waals surface area contributed by atoms with E-state index in [-0.39, 0.29) is 5.41 Å². The molecule has 302 valence electrons. The van der Waals surface area contributed by atoms with Gasteiger partial charge in [-0.2, -0.15) is 0 Å². The summed E-state index contributed by atoms with van der Waals surface area (Å²) in [5.41, 5.74) is 18.5. The molecule has 0 saturated carbocycles. The molecule has 0 amide bonds. The first-order chi connectivity index (χ1) is 31.5. The molecule has 4 heteroatoms. The van der Waals surface area contributed by atoms with Gasteiger partial charge in [0.05, 0.1) is 0 Å². The lowest BCUT2D eigenvalue weighted by molar-refractivity contribution is 0.660. The lowest BCUT2D eigenvalue weighted by atomic mass is 9.82. The molecule has 0 atom stereocenters. The highest BCUT2D eigenvalue weighted by atomic mass is 16.3. The van der Waals surface area contributed by atoms with Gasteiger partial charge >= 0.3 is 0 Å². The van der Waals surface area contributed by atoms with Crippen LogP contribution in [0.4, 0.5) is 0 Å². The number of furan rings is 1. The van der Waals surface area contributed by atoms with Crippen LogP contribution in [0.2, 0.25) is 0 Å². The average Bonchev–Trinajstić information content (AvgIpc) is 3.86. The smallest absolute Gasteiger partial charge is 0.164 e. The minimum absolute atomic E-state index is 0.155. The van der Waals surface area contributed by atoms with Crippen LogP contribution in [0.15, 0.2) is 217 Å². The number of aromatic nitrogens is 3. The van der Waals surface area contributed by atoms with E-state index < -0.39 is 0 Å². The molecule has 0 fully saturated rings. The molecule has 0 spiro atoms. The predicted octanol–water partition coefficient (Wildman–Crippen LogP) is 15.7. The SMILES string of the molecule is CC1(C)c2ccccc2-c2c(-c3nc(-c4ccc(-c5ccccc5)cc4)nc(-c4cccc(-c5ccc6c(c5)oc5cccc(-c7cccc(-c8ccccc8)c7)c56)c4)n3)cccc21. The average molecular weight is 820 g/mol. The zero-order chi connectivity index (χ0) is 42.8. The molecule has 12 rings (SSSR count). The van der Waals surface area contributed by atoms with E-state index in [9.17, 15) is 0 Å². The first-order valence-electron chi connectivity index (χ1n) is 21.8. The molecule has 0 N–H and O–H groups in total. The van der Waals surface area contributed by atoms with Crippen molar-refractivity contribution in [1.82, 2.24) is 15.0 Å². The third-order valence-electron chi connectivity index (χ3n) is 13.0. The molecule has 9 aromatic carbocycles. The maximum Gasteiger partial charge on any atom is 0.164 e. The van der Waals surface area contributed by atoms with Crippen molar-refractivity contribution in [2.75, 3.05) is 0 Å². The van der Waals surface area contributed by atoms with Crippen molar-refractivity contribution in [3.8, 4) is 89.8 Å². The Kier molecular flexibility index (Phi) is 8.80. The van der Waals surface area contributed by atoms with E-state index in [0.29, 0.717) is 17.5 Å². The van der Waals surface area contributed by atoms with Crippen LogP contribution in [0.1, 0.15) is 25.0 Å². The predicted molar refractivity (Wildman–Crippen MR) is 263 cm³/mol. The molecule has 0 bridgehead atoms. The summed E-state index contributed by atoms with van der Waals surface area (Å²) >= 11 is 0. The van der Waals surface area contributed by atoms with Crippen LogP contribution in [0.3, 0.4) is 0 Å². The van der Waals surface area contributed by atoms with Gasteiger partial charge in [-0.1, -0.05) is 196 Å². The van der Waals surface area contributed by atoms with Gasteiger partial charge in [0, 0.05) is 32.9 Å². The molecule has 2 heterocycles. The molecule has 4 nitrogen and oxygen atoms in total. The summed E-state index contributed by atoms with van der Waals surface area (Å²) in [5.74, 6) is 1.89. The van der Waals surface area contributed by atoms with Gasteiger partial charge in [-0.15, -0.1) is 0 Å². The van der Waals surface area contributed by atoms with E-state index in [0.717, 1.165) is 66.4 Å². The third-order valence-corrected chi connectivity index (χ3v) is 13.0. The summed E-state index contributed by atoms with van der Waals surface area (Å²) in [6.45, 7) is 4.61. The molecule has 11 aromatic rings. The summed E-state index contributed by atoms with van der Waals surface area (Å²) in [6, 6.07) is 74.9. The molecule has 0 saturated heterocycles. The van der Waals surface area contributed by atoms with Crippen LogP contribution < -0.4 is 0 Å². The highest BCUT2D eigenvalue weighted by Gasteiger charge is 2.37. The molecule has 1 aliphatic carbocycles. The highest BCUT2D eigenvalue weighted by molar-refractivity contribution is 6.13. The number of rotatable bonds is 7. The van der Waals surface area contributed by atoms with Crippen LogP contribution in [-0.4, -0.2) is 15.0 Å². The molecule has 0 unspecified atom stereocenters. The molecular weight excluding hydrogens is 779 g/mol. The Bertz CT molecular complexity index is 3570. The van der Waals surface area contributed by atoms with Gasteiger partial charge in [-0.05, 0) is 97.1 Å². The van der Waals surface area contributed by atoms with E-state index in [1.54, 1.807) is 0 Å². The topological polar surface area (TPSA) is 51.8 Å². The van der Waals surface area contributed by atoms with Gasteiger partial charge in [0.15, 0.2) is 17.5 Å². The molecular formula is C60H41N3O. The van der Waals surface area contributed by atoms with Gasteiger partial charge in [-0.25, -0.2) is 15.0 Å². The van der Waals surface area contributed by atoms with Crippen molar-refractivity contribution < 1.29 is 4.42 Å². The van der Waals surface area contributed by atoms with E-state index in [4.69, 9.17) is 19.4 Å². The second-order valence-electron chi connectivity index (χ2n) is 17.2. The second-order valence-corrected chi connectivity index (χ2v) is 17.2. The lowest BCUT2D eigenvalue weighted by Crippen LogP contribution is -2.14. The van der Waals surface area contributed by atoms with Crippen molar-refractivity contribution in [3.63, 3.8) is 0 Å². The first-order valence-corrected chi connectivity index (χ1v) is 21.8. The van der Waals surface area contributed by atoms with Gasteiger partial charge in [-0.3, -0.25) is 0 Å². The van der Waals surface area contributed by atoms with E-state index >= 15 is 0 Å². The van der Waals surface area contributed by atoms with Gasteiger partial charge < -0.3 is 4.42 Å². The number of nitrogens with zero attached hydrogens (tertiary/aromatic N) is 3. The number of fused-ring (bicyclic) bond motifs is 6. The highest BCUT2D eigenvalue weighted by Crippen LogP contribution is 2.52. The fraction of sp³-hybridized carbons (Fsp3) is 0.0500. The third kappa shape index (κ3) is 6.34. The largest absolute Gasteiger partial charge is 0.456 e. The fourth-order valence-corrected chi connectivity index (χ4v) is 9.72. The van der Waals surface area contributed by atoms with Gasteiger partial charge in [0.2, 0.25) is 0 Å². The Morgan fingerprint density at radius 3 is 1.59 bits per heavy atom. The Balaban J connectivity index is 0.964. The van der Waals surface area contributed by atoms with Crippen molar-refractivity contribution in [2.45, 2.75) is 19.3 Å². The van der Waals surface area contributed by atoms with Crippen molar-refractivity contribution in [2.24, 2.45) is 0 Å². The molecule has 0 aliphatic heterocycles. The zero-order valence-corrected chi connectivity index (χ0v) is 35.5. The first kappa shape index (κ1) is 37.5. The Hall–Kier alpha value is -8.21. The van der Waals surface area contributed by atoms with E-state index in [2.05, 4.69) is 220 Å². The fourth-order valence-electron chi connectivity index (χ4n) is 9.72. The van der Waals surface area contributed by atoms with Crippen LogP contribution in [0, 0.1) is 0 Å². The Morgan fingerprint density at radius 1 is 0.328 bits per heavy atom. The van der Waals surface area contributed by atoms with E-state index in [1.165, 1.54) is 38.9 Å².